The molecule has 0 bridgehead atoms. The van der Waals surface area contributed by atoms with E-state index in [1.807, 2.05) is 0 Å². The van der Waals surface area contributed by atoms with Crippen molar-refractivity contribution in [3.63, 3.8) is 0 Å². The Balaban J connectivity index is -0.0000000180. The van der Waals surface area contributed by atoms with Crippen molar-refractivity contribution in [3.05, 3.63) is 0 Å². The largest absolute Gasteiger partial charge is 3.00 e. The maximum atomic E-state index is 8.89. The van der Waals surface area contributed by atoms with Gasteiger partial charge < -0.3 is 79.2 Å². The molecule has 36 heavy (non-hydrogen) atoms. The van der Waals surface area contributed by atoms with E-state index in [9.17, 15) is 0 Å². The third-order valence-corrected chi connectivity index (χ3v) is 0. The second-order valence-electron chi connectivity index (χ2n) is 3.93. The summed E-state index contributed by atoms with van der Waals surface area (Å²) in [4.78, 5) is 71.1. The summed E-state index contributed by atoms with van der Waals surface area (Å²) in [5.41, 5.74) is 0. The van der Waals surface area contributed by atoms with E-state index in [1.54, 1.807) is 0 Å². The molecule has 0 spiro atoms. The monoisotopic (exact) mass is 623 g/mol. The topological polar surface area (TPSA) is 321 Å². The molecular formula is C16H24AlCoLiNiO16. The van der Waals surface area contributed by atoms with E-state index >= 15 is 0 Å². The fourth-order valence-corrected chi connectivity index (χ4v) is 0. The molecule has 1 radical (unpaired) electrons. The Hall–Kier alpha value is -2.11. The van der Waals surface area contributed by atoms with Crippen molar-refractivity contribution in [3.8, 4) is 0 Å². The van der Waals surface area contributed by atoms with E-state index in [2.05, 4.69) is 0 Å². The van der Waals surface area contributed by atoms with Gasteiger partial charge in [0.15, 0.2) is 0 Å². The first kappa shape index (κ1) is 76.5. The summed E-state index contributed by atoms with van der Waals surface area (Å²) < 4.78 is 0. The molecule has 20 heteroatoms. The molecule has 0 aliphatic heterocycles. The van der Waals surface area contributed by atoms with Crippen LogP contribution in [0.5, 0.6) is 0 Å². The Morgan fingerprint density at radius 1 is 0.333 bits per heavy atom. The molecule has 0 aromatic carbocycles. The number of hydrogen-bond acceptors (Lipinski definition) is 16. The van der Waals surface area contributed by atoms with Gasteiger partial charge in [-0.2, -0.15) is 0 Å². The van der Waals surface area contributed by atoms with Gasteiger partial charge in [-0.1, -0.05) is 0 Å². The molecule has 0 amide bonds. The third kappa shape index (κ3) is 6830. The fourth-order valence-electron chi connectivity index (χ4n) is 0. The third-order valence-electron chi connectivity index (χ3n) is 0. The van der Waals surface area contributed by atoms with Crippen molar-refractivity contribution in [1.82, 2.24) is 0 Å². The summed E-state index contributed by atoms with van der Waals surface area (Å²) in [6.07, 6.45) is 0. The Kier molecular flexibility index (Phi) is 148. The van der Waals surface area contributed by atoms with E-state index in [1.165, 1.54) is 0 Å². The van der Waals surface area contributed by atoms with Crippen molar-refractivity contribution >= 4 is 65.1 Å². The molecular weight excluding hydrogens is 600 g/mol. The zero-order chi connectivity index (χ0) is 28.6. The minimum atomic E-state index is -1.08. The van der Waals surface area contributed by atoms with Crippen molar-refractivity contribution in [2.24, 2.45) is 0 Å². The van der Waals surface area contributed by atoms with E-state index in [0.29, 0.717) is 0 Å². The van der Waals surface area contributed by atoms with Crippen molar-refractivity contribution < 1.29 is 131 Å². The van der Waals surface area contributed by atoms with Crippen LogP contribution in [0.3, 0.4) is 0 Å². The number of aliphatic carboxylic acids is 8. The van der Waals surface area contributed by atoms with Gasteiger partial charge >= 0.3 is 69.5 Å². The first-order valence-electron chi connectivity index (χ1n) is 7.27. The van der Waals surface area contributed by atoms with E-state index < -0.39 is 47.8 Å². The number of carboxylic acids is 8. The number of hydrogen-bond donors (Lipinski definition) is 0. The van der Waals surface area contributed by atoms with Gasteiger partial charge in [0.05, 0.1) is 0 Å². The van der Waals surface area contributed by atoms with Crippen LogP contribution in [0.4, 0.5) is 0 Å². The number of carbonyl (C=O) groups is 8. The second-order valence-corrected chi connectivity index (χ2v) is 3.93. The van der Waals surface area contributed by atoms with Crippen LogP contribution >= 0.6 is 0 Å². The van der Waals surface area contributed by atoms with Crippen LogP contribution in [-0.4, -0.2) is 65.1 Å². The molecule has 0 heterocycles. The van der Waals surface area contributed by atoms with Gasteiger partial charge in [0, 0.05) is 47.8 Å². The van der Waals surface area contributed by atoms with Gasteiger partial charge in [0.25, 0.3) is 0 Å². The summed E-state index contributed by atoms with van der Waals surface area (Å²) in [5.74, 6) is -8.67. The smallest absolute Gasteiger partial charge is 0.550 e. The molecule has 0 fully saturated rings. The number of carboxylic acid groups (broad SMARTS) is 8. The summed E-state index contributed by atoms with van der Waals surface area (Å²) in [7, 11) is 0. The SMILES string of the molecule is CC(=O)[O-].CC(=O)[O-].CC(=O)[O-].CC(=O)[O-].CC(=O)[O-].CC(=O)[O-].CC(=O)[O-].CC(=O)[O-].[Al+3].[Co+2].[Li+].[Ni+2]. The molecule has 0 saturated heterocycles. The summed E-state index contributed by atoms with van der Waals surface area (Å²) in [6, 6.07) is 0. The van der Waals surface area contributed by atoms with Crippen molar-refractivity contribution in [2.75, 3.05) is 0 Å². The van der Waals surface area contributed by atoms with Crippen LogP contribution in [0, 0.1) is 0 Å². The molecule has 0 aromatic rings. The Morgan fingerprint density at radius 3 is 0.333 bits per heavy atom. The number of rotatable bonds is 0. The fraction of sp³-hybridized carbons (Fsp3) is 0.500. The minimum absolute atomic E-state index is 0. The van der Waals surface area contributed by atoms with E-state index in [-0.39, 0.29) is 69.5 Å². The maximum Gasteiger partial charge on any atom is 3.00 e. The van der Waals surface area contributed by atoms with Crippen LogP contribution < -0.4 is 59.7 Å². The molecule has 0 aliphatic rings. The summed E-state index contributed by atoms with van der Waals surface area (Å²) >= 11 is 0. The first-order valence-corrected chi connectivity index (χ1v) is 7.27. The molecule has 0 aliphatic carbocycles. The van der Waals surface area contributed by atoms with Crippen LogP contribution in [0.1, 0.15) is 55.4 Å². The van der Waals surface area contributed by atoms with Gasteiger partial charge in [-0.3, -0.25) is 0 Å². The molecule has 0 N–H and O–H groups in total. The normalized spacial score (nSPS) is 5.56. The van der Waals surface area contributed by atoms with E-state index in [4.69, 9.17) is 79.2 Å². The molecule has 0 atom stereocenters. The average Bonchev–Trinajstić information content (AvgIpc) is 2.30. The van der Waals surface area contributed by atoms with Crippen LogP contribution in [0.2, 0.25) is 0 Å². The molecule has 0 aromatic heterocycles. The predicted molar refractivity (Wildman–Crippen MR) is 91.2 cm³/mol. The van der Waals surface area contributed by atoms with Crippen molar-refractivity contribution in [1.29, 1.82) is 0 Å². The minimum Gasteiger partial charge on any atom is -0.550 e. The van der Waals surface area contributed by atoms with Gasteiger partial charge in [0.1, 0.15) is 0 Å². The molecule has 0 saturated carbocycles. The Morgan fingerprint density at radius 2 is 0.333 bits per heavy atom. The Bertz CT molecular complexity index is 386. The van der Waals surface area contributed by atoms with Gasteiger partial charge in [-0.25, -0.2) is 0 Å². The molecule has 207 valence electrons. The van der Waals surface area contributed by atoms with Gasteiger partial charge in [0.2, 0.25) is 0 Å². The quantitative estimate of drug-likeness (QED) is 0.226. The van der Waals surface area contributed by atoms with Crippen LogP contribution in [-0.2, 0) is 71.6 Å². The maximum absolute atomic E-state index is 8.89. The van der Waals surface area contributed by atoms with Crippen LogP contribution in [0.25, 0.3) is 0 Å². The second kappa shape index (κ2) is 69.8. The van der Waals surface area contributed by atoms with Gasteiger partial charge in [-0.05, 0) is 55.4 Å². The number of carbonyl (C=O) groups excluding carboxylic acids is 8. The predicted octanol–water partition coefficient (Wildman–Crippen LogP) is -13.3. The summed E-state index contributed by atoms with van der Waals surface area (Å²) in [5, 5.41) is 71.1. The van der Waals surface area contributed by atoms with E-state index in [0.717, 1.165) is 55.4 Å². The summed E-state index contributed by atoms with van der Waals surface area (Å²) in [6.45, 7) is 7.78. The molecule has 16 nitrogen and oxygen atoms in total. The standard InChI is InChI=1S/8C2H4O2.Al.Co.Li.Ni/c8*1-2(3)4;;;;/h8*1H3,(H,3,4);;;;/q;;;;;;;;+3;+2;+1;+2/p-8. The zero-order valence-corrected chi connectivity index (χ0v) is 23.9. The first-order chi connectivity index (χ1) is 13.9. The Labute approximate surface area is 250 Å². The molecule has 0 rings (SSSR count). The molecule has 0 unspecified atom stereocenters. The average molecular weight is 624 g/mol. The van der Waals surface area contributed by atoms with Gasteiger partial charge in [-0.15, -0.1) is 0 Å². The van der Waals surface area contributed by atoms with Crippen LogP contribution in [0.15, 0.2) is 0 Å². The van der Waals surface area contributed by atoms with Crippen molar-refractivity contribution in [2.45, 2.75) is 55.4 Å². The zero-order valence-electron chi connectivity index (χ0n) is 20.8.